The van der Waals surface area contributed by atoms with Gasteiger partial charge in [-0.05, 0) is 48.8 Å². The van der Waals surface area contributed by atoms with Crippen molar-refractivity contribution in [3.63, 3.8) is 0 Å². The molecule has 2 fully saturated rings. The second-order valence-corrected chi connectivity index (χ2v) is 7.38. The molecule has 2 aromatic heterocycles. The predicted octanol–water partition coefficient (Wildman–Crippen LogP) is 1.66. The summed E-state index contributed by atoms with van der Waals surface area (Å²) in [4.78, 5) is 33.7. The zero-order valence-electron chi connectivity index (χ0n) is 14.6. The molecule has 1 saturated carbocycles. The van der Waals surface area contributed by atoms with Crippen molar-refractivity contribution in [2.24, 2.45) is 11.3 Å². The summed E-state index contributed by atoms with van der Waals surface area (Å²) in [6, 6.07) is 5.28. The van der Waals surface area contributed by atoms with E-state index in [1.165, 1.54) is 12.4 Å². The molecule has 0 aromatic carbocycles. The van der Waals surface area contributed by atoms with Crippen molar-refractivity contribution in [3.8, 4) is 0 Å². The Balaban J connectivity index is 1.33. The standard InChI is InChI=1S/C19H23N5O2/c20-15-8-13(9-21-10-15)17(25)23-7-5-19-4-3-14(19)11-24(12-19)18(26)16-2-1-6-22-16/h1-2,6,8-10,14,22H,3-5,7,11-12,20H2,(H,23,25). The number of likely N-dealkylation sites (tertiary alicyclic amines) is 1. The number of carbonyl (C=O) groups is 2. The van der Waals surface area contributed by atoms with E-state index in [1.807, 2.05) is 17.0 Å². The number of pyridine rings is 1. The average Bonchev–Trinajstić information content (AvgIpc) is 3.23. The number of nitrogens with one attached hydrogen (secondary N) is 2. The van der Waals surface area contributed by atoms with E-state index in [0.717, 1.165) is 32.4 Å². The molecule has 2 amide bonds. The minimum Gasteiger partial charge on any atom is -0.397 e. The maximum atomic E-state index is 12.6. The molecule has 2 aliphatic rings. The highest BCUT2D eigenvalue weighted by molar-refractivity contribution is 5.94. The van der Waals surface area contributed by atoms with Crippen molar-refractivity contribution in [3.05, 3.63) is 48.0 Å². The number of hydrogen-bond donors (Lipinski definition) is 3. The quantitative estimate of drug-likeness (QED) is 0.760. The second-order valence-electron chi connectivity index (χ2n) is 7.38. The van der Waals surface area contributed by atoms with Crippen molar-refractivity contribution in [1.82, 2.24) is 20.2 Å². The van der Waals surface area contributed by atoms with Crippen LogP contribution in [0, 0.1) is 11.3 Å². The lowest BCUT2D eigenvalue weighted by molar-refractivity contribution is 0.0654. The largest absolute Gasteiger partial charge is 0.397 e. The number of aromatic amines is 1. The highest BCUT2D eigenvalue weighted by Crippen LogP contribution is 2.54. The Labute approximate surface area is 152 Å². The van der Waals surface area contributed by atoms with Gasteiger partial charge in [0.15, 0.2) is 0 Å². The van der Waals surface area contributed by atoms with E-state index in [1.54, 1.807) is 12.3 Å². The predicted molar refractivity (Wildman–Crippen MR) is 97.5 cm³/mol. The molecule has 4 N–H and O–H groups in total. The Hall–Kier alpha value is -2.83. The normalized spacial score (nSPS) is 24.0. The van der Waals surface area contributed by atoms with Crippen molar-refractivity contribution < 1.29 is 9.59 Å². The van der Waals surface area contributed by atoms with Crippen LogP contribution < -0.4 is 11.1 Å². The first-order valence-electron chi connectivity index (χ1n) is 8.99. The summed E-state index contributed by atoms with van der Waals surface area (Å²) < 4.78 is 0. The SMILES string of the molecule is Nc1cncc(C(=O)NCCC23CCC2CN(C(=O)c2ccc[nH]2)C3)c1. The van der Waals surface area contributed by atoms with E-state index in [-0.39, 0.29) is 17.2 Å². The molecule has 26 heavy (non-hydrogen) atoms. The summed E-state index contributed by atoms with van der Waals surface area (Å²) in [6.45, 7) is 2.17. The number of nitrogens with two attached hydrogens (primary N) is 1. The summed E-state index contributed by atoms with van der Waals surface area (Å²) >= 11 is 0. The van der Waals surface area contributed by atoms with Crippen LogP contribution in [-0.4, -0.2) is 46.3 Å². The van der Waals surface area contributed by atoms with Crippen LogP contribution in [0.1, 0.15) is 40.1 Å². The van der Waals surface area contributed by atoms with Crippen LogP contribution in [0.15, 0.2) is 36.8 Å². The molecular weight excluding hydrogens is 330 g/mol. The van der Waals surface area contributed by atoms with Gasteiger partial charge in [0.2, 0.25) is 0 Å². The van der Waals surface area contributed by atoms with Gasteiger partial charge in [-0.2, -0.15) is 0 Å². The smallest absolute Gasteiger partial charge is 0.270 e. The lowest BCUT2D eigenvalue weighted by atomic mass is 9.60. The van der Waals surface area contributed by atoms with E-state index < -0.39 is 0 Å². The van der Waals surface area contributed by atoms with Gasteiger partial charge in [-0.1, -0.05) is 0 Å². The zero-order chi connectivity index (χ0) is 18.1. The fourth-order valence-electron chi connectivity index (χ4n) is 4.27. The topological polar surface area (TPSA) is 104 Å². The molecular formula is C19H23N5O2. The number of amides is 2. The van der Waals surface area contributed by atoms with E-state index in [0.29, 0.717) is 29.4 Å². The van der Waals surface area contributed by atoms with Gasteiger partial charge < -0.3 is 20.9 Å². The monoisotopic (exact) mass is 353 g/mol. The molecule has 0 spiro atoms. The molecule has 2 atom stereocenters. The third-order valence-electron chi connectivity index (χ3n) is 5.85. The van der Waals surface area contributed by atoms with Gasteiger partial charge in [0, 0.05) is 38.2 Å². The van der Waals surface area contributed by atoms with E-state index in [4.69, 9.17) is 5.73 Å². The van der Waals surface area contributed by atoms with Crippen LogP contribution in [-0.2, 0) is 0 Å². The number of fused-ring (bicyclic) bond motifs is 1. The average molecular weight is 353 g/mol. The first kappa shape index (κ1) is 16.6. The van der Waals surface area contributed by atoms with E-state index >= 15 is 0 Å². The minimum absolute atomic E-state index is 0.0682. The summed E-state index contributed by atoms with van der Waals surface area (Å²) in [5, 5.41) is 2.96. The molecule has 1 aliphatic heterocycles. The molecule has 7 nitrogen and oxygen atoms in total. The van der Waals surface area contributed by atoms with Crippen LogP contribution in [0.5, 0.6) is 0 Å². The zero-order valence-corrected chi connectivity index (χ0v) is 14.6. The molecule has 2 unspecified atom stereocenters. The van der Waals surface area contributed by atoms with Crippen molar-refractivity contribution in [2.75, 3.05) is 25.4 Å². The number of hydrogen-bond acceptors (Lipinski definition) is 4. The van der Waals surface area contributed by atoms with Crippen LogP contribution in [0.25, 0.3) is 0 Å². The Kier molecular flexibility index (Phi) is 4.14. The fraction of sp³-hybridized carbons (Fsp3) is 0.421. The molecule has 4 rings (SSSR count). The number of nitrogen functional groups attached to an aromatic ring is 1. The summed E-state index contributed by atoms with van der Waals surface area (Å²) in [7, 11) is 0. The van der Waals surface area contributed by atoms with Gasteiger partial charge in [0.05, 0.1) is 11.3 Å². The first-order chi connectivity index (χ1) is 12.6. The third kappa shape index (κ3) is 2.94. The van der Waals surface area contributed by atoms with Gasteiger partial charge in [0.25, 0.3) is 11.8 Å². The maximum Gasteiger partial charge on any atom is 0.270 e. The molecule has 0 bridgehead atoms. The van der Waals surface area contributed by atoms with Gasteiger partial charge in [-0.3, -0.25) is 14.6 Å². The molecule has 3 heterocycles. The van der Waals surface area contributed by atoms with Crippen molar-refractivity contribution >= 4 is 17.5 Å². The van der Waals surface area contributed by atoms with Crippen LogP contribution in [0.4, 0.5) is 5.69 Å². The number of aromatic nitrogens is 2. The minimum atomic E-state index is -0.158. The number of rotatable bonds is 5. The number of carbonyl (C=O) groups excluding carboxylic acids is 2. The number of nitrogens with zero attached hydrogens (tertiary/aromatic N) is 2. The summed E-state index contributed by atoms with van der Waals surface area (Å²) in [6.07, 6.45) is 7.96. The fourth-order valence-corrected chi connectivity index (χ4v) is 4.27. The van der Waals surface area contributed by atoms with Gasteiger partial charge in [-0.25, -0.2) is 0 Å². The molecule has 136 valence electrons. The molecule has 1 saturated heterocycles. The van der Waals surface area contributed by atoms with Crippen LogP contribution >= 0.6 is 0 Å². The summed E-state index contributed by atoms with van der Waals surface area (Å²) in [5.74, 6) is 0.445. The Morgan fingerprint density at radius 3 is 3.00 bits per heavy atom. The van der Waals surface area contributed by atoms with Crippen molar-refractivity contribution in [1.29, 1.82) is 0 Å². The Morgan fingerprint density at radius 2 is 2.31 bits per heavy atom. The lowest BCUT2D eigenvalue weighted by Crippen LogP contribution is -2.42. The second kappa shape index (κ2) is 6.48. The van der Waals surface area contributed by atoms with Crippen LogP contribution in [0.3, 0.4) is 0 Å². The maximum absolute atomic E-state index is 12.6. The van der Waals surface area contributed by atoms with E-state index in [2.05, 4.69) is 15.3 Å². The lowest BCUT2D eigenvalue weighted by Gasteiger charge is -2.44. The Bertz CT molecular complexity index is 819. The summed E-state index contributed by atoms with van der Waals surface area (Å²) in [5.41, 5.74) is 7.41. The highest BCUT2D eigenvalue weighted by Gasteiger charge is 2.53. The Morgan fingerprint density at radius 1 is 1.42 bits per heavy atom. The van der Waals surface area contributed by atoms with Gasteiger partial charge in [0.1, 0.15) is 5.69 Å². The van der Waals surface area contributed by atoms with E-state index in [9.17, 15) is 9.59 Å². The van der Waals surface area contributed by atoms with Crippen molar-refractivity contribution in [2.45, 2.75) is 19.3 Å². The molecule has 0 radical (unpaired) electrons. The van der Waals surface area contributed by atoms with Crippen LogP contribution in [0.2, 0.25) is 0 Å². The number of anilines is 1. The van der Waals surface area contributed by atoms with Gasteiger partial charge in [-0.15, -0.1) is 0 Å². The number of H-pyrrole nitrogens is 1. The molecule has 1 aliphatic carbocycles. The third-order valence-corrected chi connectivity index (χ3v) is 5.85. The van der Waals surface area contributed by atoms with Gasteiger partial charge >= 0.3 is 0 Å². The molecule has 7 heteroatoms. The molecule has 2 aromatic rings. The highest BCUT2D eigenvalue weighted by atomic mass is 16.2. The first-order valence-corrected chi connectivity index (χ1v) is 8.99.